The van der Waals surface area contributed by atoms with E-state index in [1.807, 2.05) is 72.8 Å². The van der Waals surface area contributed by atoms with Crippen LogP contribution in [0.1, 0.15) is 135 Å². The van der Waals surface area contributed by atoms with E-state index in [4.69, 9.17) is 23.7 Å². The molecule has 0 atom stereocenters. The Hall–Kier alpha value is -7.78. The second-order valence-corrected chi connectivity index (χ2v) is 18.0. The van der Waals surface area contributed by atoms with Gasteiger partial charge in [0.05, 0.1) is 23.8 Å². The first kappa shape index (κ1) is 46.3. The van der Waals surface area contributed by atoms with Crippen molar-refractivity contribution in [2.75, 3.05) is 7.11 Å². The summed E-state index contributed by atoms with van der Waals surface area (Å²) in [5.74, 6) is 1.70. The summed E-state index contributed by atoms with van der Waals surface area (Å²) in [6.07, 6.45) is 10.9. The summed E-state index contributed by atoms with van der Waals surface area (Å²) in [6, 6.07) is 51.6. The molecule has 0 unspecified atom stereocenters. The van der Waals surface area contributed by atoms with Crippen molar-refractivity contribution in [3.63, 3.8) is 0 Å². The molecule has 0 aromatic heterocycles. The molecule has 0 heterocycles. The number of rotatable bonds is 14. The van der Waals surface area contributed by atoms with E-state index >= 15 is 0 Å². The highest BCUT2D eigenvalue weighted by Crippen LogP contribution is 2.47. The van der Waals surface area contributed by atoms with Crippen molar-refractivity contribution in [1.82, 2.24) is 0 Å². The molecule has 0 aliphatic heterocycles. The molecule has 7 aromatic rings. The molecule has 0 N–H and O–H groups in total. The zero-order chi connectivity index (χ0) is 47.8. The molecular weight excluding hydrogens is 865 g/mol. The van der Waals surface area contributed by atoms with Crippen molar-refractivity contribution in [2.24, 2.45) is 0 Å². The summed E-state index contributed by atoms with van der Waals surface area (Å²) in [5.41, 5.74) is 6.08. The van der Waals surface area contributed by atoms with Crippen LogP contribution in [0.3, 0.4) is 0 Å². The normalized spacial score (nSPS) is 15.0. The summed E-state index contributed by atoms with van der Waals surface area (Å²) < 4.78 is 28.7. The molecule has 0 saturated heterocycles. The van der Waals surface area contributed by atoms with Crippen LogP contribution < -0.4 is 23.7 Å². The van der Waals surface area contributed by atoms with Crippen molar-refractivity contribution < 1.29 is 42.9 Å². The maximum atomic E-state index is 13.2. The van der Waals surface area contributed by atoms with Crippen LogP contribution in [0.4, 0.5) is 0 Å². The highest BCUT2D eigenvalue weighted by molar-refractivity contribution is 5.96. The highest BCUT2D eigenvalue weighted by Gasteiger charge is 2.37. The van der Waals surface area contributed by atoms with Gasteiger partial charge in [0.2, 0.25) is 0 Å². The fourth-order valence-corrected chi connectivity index (χ4v) is 10.0. The van der Waals surface area contributed by atoms with Gasteiger partial charge in [0.15, 0.2) is 5.78 Å². The summed E-state index contributed by atoms with van der Waals surface area (Å²) >= 11 is 0. The van der Waals surface area contributed by atoms with E-state index in [1.54, 1.807) is 79.9 Å². The van der Waals surface area contributed by atoms with Gasteiger partial charge in [0, 0.05) is 16.4 Å². The van der Waals surface area contributed by atoms with Gasteiger partial charge >= 0.3 is 17.9 Å². The molecule has 2 saturated carbocycles. The molecule has 9 nitrogen and oxygen atoms in total. The van der Waals surface area contributed by atoms with Gasteiger partial charge in [-0.05, 0) is 164 Å². The maximum absolute atomic E-state index is 13.2. The van der Waals surface area contributed by atoms with Crippen molar-refractivity contribution >= 4 is 23.7 Å². The minimum Gasteiger partial charge on any atom is -0.497 e. The molecule has 348 valence electrons. The molecule has 2 aliphatic rings. The zero-order valence-corrected chi connectivity index (χ0v) is 38.9. The minimum atomic E-state index is -0.496. The summed E-state index contributed by atoms with van der Waals surface area (Å²) in [5, 5.41) is 0. The molecule has 2 fully saturated rings. The lowest BCUT2D eigenvalue weighted by Gasteiger charge is -2.38. The number of Topliss-reactive ketones (excluding diaryl/α,β-unsaturated/α-hetero) is 1. The van der Waals surface area contributed by atoms with E-state index in [1.165, 1.54) is 24.5 Å². The molecule has 0 amide bonds. The Morgan fingerprint density at radius 1 is 0.333 bits per heavy atom. The van der Waals surface area contributed by atoms with Crippen LogP contribution in [-0.4, -0.2) is 30.8 Å². The Morgan fingerprint density at radius 2 is 0.594 bits per heavy atom. The summed E-state index contributed by atoms with van der Waals surface area (Å²) in [4.78, 5) is 50.9. The van der Waals surface area contributed by atoms with Gasteiger partial charge in [-0.15, -0.1) is 0 Å². The van der Waals surface area contributed by atoms with Crippen LogP contribution in [-0.2, 0) is 10.8 Å². The topological polar surface area (TPSA) is 114 Å². The number of ether oxygens (including phenoxy) is 5. The Balaban J connectivity index is 0.782. The highest BCUT2D eigenvalue weighted by atomic mass is 16.5. The monoisotopic (exact) mass is 918 g/mol. The number of ketones is 1. The molecular formula is C60H54O9. The van der Waals surface area contributed by atoms with Crippen molar-refractivity contribution in [2.45, 2.75) is 82.0 Å². The Labute approximate surface area is 403 Å². The summed E-state index contributed by atoms with van der Waals surface area (Å²) in [6.45, 7) is 1.48. The van der Waals surface area contributed by atoms with Crippen LogP contribution in [0.15, 0.2) is 170 Å². The minimum absolute atomic E-state index is 0.0670. The first-order valence-corrected chi connectivity index (χ1v) is 23.7. The van der Waals surface area contributed by atoms with Gasteiger partial charge in [-0.2, -0.15) is 0 Å². The molecule has 0 radical (unpaired) electrons. The molecule has 0 bridgehead atoms. The van der Waals surface area contributed by atoms with E-state index in [9.17, 15) is 19.2 Å². The molecule has 69 heavy (non-hydrogen) atoms. The second-order valence-electron chi connectivity index (χ2n) is 18.0. The SMILES string of the molecule is COc1ccc(C2(c3ccc(OC(=O)c4ccc(Oc5ccc(C(=O)Oc6ccc(C7(c8ccc(OC(=O)c9ccc(C(C)=O)cc9)cc8)CCCCC7)cc6)cc5)cc4)cc3)CCCCC2)cc1. The third-order valence-corrected chi connectivity index (χ3v) is 13.9. The molecule has 9 heteroatoms. The van der Waals surface area contributed by atoms with Crippen LogP contribution in [0.2, 0.25) is 0 Å². The lowest BCUT2D eigenvalue weighted by atomic mass is 9.65. The van der Waals surface area contributed by atoms with E-state index in [0.29, 0.717) is 51.0 Å². The number of benzene rings is 7. The van der Waals surface area contributed by atoms with Crippen LogP contribution >= 0.6 is 0 Å². The van der Waals surface area contributed by atoms with E-state index in [0.717, 1.165) is 74.7 Å². The smallest absolute Gasteiger partial charge is 0.343 e. The first-order valence-electron chi connectivity index (χ1n) is 23.7. The first-order chi connectivity index (χ1) is 33.6. The lowest BCUT2D eigenvalue weighted by Crippen LogP contribution is -2.30. The van der Waals surface area contributed by atoms with Gasteiger partial charge in [0.1, 0.15) is 34.5 Å². The Morgan fingerprint density at radius 3 is 0.884 bits per heavy atom. The molecule has 9 rings (SSSR count). The number of hydrogen-bond donors (Lipinski definition) is 0. The standard InChI is InChI=1S/C60H54O9/c1-41(61)42-9-11-43(12-10-42)56(62)67-53-31-21-48(22-32-53)60(39-7-4-8-40-60)49-23-35-55(36-24-49)69-58(64)45-15-27-52(28-16-45)66-51-25-13-44(14-26-51)57(63)68-54-33-19-47(20-34-54)59(37-5-3-6-38-59)46-17-29-50(65-2)30-18-46/h9-36H,3-8,37-40H2,1-2H3. The Bertz CT molecular complexity index is 2890. The van der Waals surface area contributed by atoms with E-state index in [2.05, 4.69) is 24.3 Å². The fourth-order valence-electron chi connectivity index (χ4n) is 10.0. The lowest BCUT2D eigenvalue weighted by molar-refractivity contribution is 0.0725. The predicted octanol–water partition coefficient (Wildman–Crippen LogP) is 13.8. The van der Waals surface area contributed by atoms with Crippen LogP contribution in [0.5, 0.6) is 34.5 Å². The van der Waals surface area contributed by atoms with E-state index < -0.39 is 17.9 Å². The largest absolute Gasteiger partial charge is 0.497 e. The number of methoxy groups -OCH3 is 1. The second kappa shape index (κ2) is 20.6. The summed E-state index contributed by atoms with van der Waals surface area (Å²) in [7, 11) is 1.68. The molecule has 2 aliphatic carbocycles. The zero-order valence-electron chi connectivity index (χ0n) is 38.9. The van der Waals surface area contributed by atoms with Crippen LogP contribution in [0, 0.1) is 0 Å². The van der Waals surface area contributed by atoms with Gasteiger partial charge in [-0.1, -0.05) is 99.2 Å². The molecule has 7 aromatic carbocycles. The fraction of sp³-hybridized carbons (Fsp3) is 0.233. The van der Waals surface area contributed by atoms with Crippen molar-refractivity contribution in [1.29, 1.82) is 0 Å². The van der Waals surface area contributed by atoms with Crippen LogP contribution in [0.25, 0.3) is 0 Å². The van der Waals surface area contributed by atoms with Gasteiger partial charge in [-0.3, -0.25) is 4.79 Å². The number of carbonyl (C=O) groups is 4. The average molecular weight is 919 g/mol. The number of carbonyl (C=O) groups excluding carboxylic acids is 4. The Kier molecular flexibility index (Phi) is 13.8. The maximum Gasteiger partial charge on any atom is 0.343 e. The van der Waals surface area contributed by atoms with E-state index in [-0.39, 0.29) is 16.6 Å². The van der Waals surface area contributed by atoms with Gasteiger partial charge in [-0.25, -0.2) is 14.4 Å². The number of hydrogen-bond acceptors (Lipinski definition) is 9. The van der Waals surface area contributed by atoms with Gasteiger partial charge < -0.3 is 23.7 Å². The number of esters is 3. The predicted molar refractivity (Wildman–Crippen MR) is 264 cm³/mol. The van der Waals surface area contributed by atoms with Crippen molar-refractivity contribution in [3.05, 3.63) is 214 Å². The molecule has 0 spiro atoms. The average Bonchev–Trinajstić information content (AvgIpc) is 3.40. The van der Waals surface area contributed by atoms with Gasteiger partial charge in [0.25, 0.3) is 0 Å². The third kappa shape index (κ3) is 10.4. The quantitative estimate of drug-likeness (QED) is 0.0597. The third-order valence-electron chi connectivity index (χ3n) is 13.9. The van der Waals surface area contributed by atoms with Crippen molar-refractivity contribution in [3.8, 4) is 34.5 Å².